The maximum atomic E-state index is 11.7. The summed E-state index contributed by atoms with van der Waals surface area (Å²) in [5, 5.41) is 3.66. The standard InChI is InChI=1S/C9H13BrN2OS/c1-6-7(14-5-11-6)8(13)12-9(2,3)4-10/h5H,4H2,1-3H3,(H,12,13). The number of halogens is 1. The van der Waals surface area contributed by atoms with Crippen molar-refractivity contribution >= 4 is 33.2 Å². The number of hydrogen-bond donors (Lipinski definition) is 1. The van der Waals surface area contributed by atoms with E-state index >= 15 is 0 Å². The fourth-order valence-electron chi connectivity index (χ4n) is 0.917. The van der Waals surface area contributed by atoms with Crippen LogP contribution >= 0.6 is 27.3 Å². The van der Waals surface area contributed by atoms with Gasteiger partial charge in [0.25, 0.3) is 5.91 Å². The Morgan fingerprint density at radius 1 is 1.71 bits per heavy atom. The van der Waals surface area contributed by atoms with Gasteiger partial charge in [-0.1, -0.05) is 15.9 Å². The average molecular weight is 277 g/mol. The van der Waals surface area contributed by atoms with Gasteiger partial charge in [-0.2, -0.15) is 0 Å². The molecule has 0 radical (unpaired) electrons. The van der Waals surface area contributed by atoms with Gasteiger partial charge in [-0.3, -0.25) is 4.79 Å². The largest absolute Gasteiger partial charge is 0.346 e. The first-order chi connectivity index (χ1) is 6.46. The summed E-state index contributed by atoms with van der Waals surface area (Å²) in [4.78, 5) is 16.5. The van der Waals surface area contributed by atoms with Crippen LogP contribution in [0.15, 0.2) is 5.51 Å². The van der Waals surface area contributed by atoms with Gasteiger partial charge in [0.1, 0.15) is 4.88 Å². The summed E-state index contributed by atoms with van der Waals surface area (Å²) in [5.41, 5.74) is 2.25. The zero-order valence-corrected chi connectivity index (χ0v) is 10.8. The predicted octanol–water partition coefficient (Wildman–Crippen LogP) is 2.35. The Hall–Kier alpha value is -0.420. The lowest BCUT2D eigenvalue weighted by atomic mass is 10.1. The molecule has 0 unspecified atom stereocenters. The first-order valence-electron chi connectivity index (χ1n) is 4.25. The van der Waals surface area contributed by atoms with Crippen molar-refractivity contribution in [2.24, 2.45) is 0 Å². The molecule has 1 aromatic heterocycles. The molecule has 1 heterocycles. The van der Waals surface area contributed by atoms with Crippen LogP contribution in [0.4, 0.5) is 0 Å². The molecule has 0 saturated heterocycles. The molecule has 0 aromatic carbocycles. The van der Waals surface area contributed by atoms with Gasteiger partial charge in [0, 0.05) is 10.9 Å². The third-order valence-electron chi connectivity index (χ3n) is 1.74. The lowest BCUT2D eigenvalue weighted by Gasteiger charge is -2.23. The van der Waals surface area contributed by atoms with Gasteiger partial charge in [-0.15, -0.1) is 11.3 Å². The van der Waals surface area contributed by atoms with Gasteiger partial charge in [-0.05, 0) is 20.8 Å². The summed E-state index contributed by atoms with van der Waals surface area (Å²) in [6.07, 6.45) is 0. The third-order valence-corrected chi connectivity index (χ3v) is 4.07. The van der Waals surface area contributed by atoms with E-state index in [1.807, 2.05) is 20.8 Å². The molecule has 5 heteroatoms. The second-order valence-corrected chi connectivity index (χ2v) is 5.15. The molecule has 3 nitrogen and oxygen atoms in total. The number of carbonyl (C=O) groups is 1. The topological polar surface area (TPSA) is 42.0 Å². The molecule has 0 aliphatic carbocycles. The van der Waals surface area contributed by atoms with E-state index in [0.29, 0.717) is 4.88 Å². The van der Waals surface area contributed by atoms with E-state index in [2.05, 4.69) is 26.2 Å². The van der Waals surface area contributed by atoms with Gasteiger partial charge in [0.05, 0.1) is 11.2 Å². The number of amides is 1. The van der Waals surface area contributed by atoms with Crippen molar-refractivity contribution in [1.29, 1.82) is 0 Å². The molecule has 0 fully saturated rings. The second kappa shape index (κ2) is 4.40. The van der Waals surface area contributed by atoms with Crippen molar-refractivity contribution in [3.8, 4) is 0 Å². The molecule has 0 bridgehead atoms. The molecular weight excluding hydrogens is 264 g/mol. The van der Waals surface area contributed by atoms with E-state index in [9.17, 15) is 4.79 Å². The predicted molar refractivity (Wildman–Crippen MR) is 62.2 cm³/mol. The summed E-state index contributed by atoms with van der Waals surface area (Å²) < 4.78 is 0. The minimum absolute atomic E-state index is 0.0468. The minimum atomic E-state index is -0.229. The normalized spacial score (nSPS) is 11.4. The van der Waals surface area contributed by atoms with Crippen molar-refractivity contribution in [3.63, 3.8) is 0 Å². The van der Waals surface area contributed by atoms with Crippen LogP contribution in [0.25, 0.3) is 0 Å². The highest BCUT2D eigenvalue weighted by atomic mass is 79.9. The first kappa shape index (κ1) is 11.7. The molecule has 78 valence electrons. The fourth-order valence-corrected chi connectivity index (χ4v) is 1.76. The number of hydrogen-bond acceptors (Lipinski definition) is 3. The van der Waals surface area contributed by atoms with Gasteiger partial charge in [-0.25, -0.2) is 4.98 Å². The van der Waals surface area contributed by atoms with E-state index in [4.69, 9.17) is 0 Å². The summed E-state index contributed by atoms with van der Waals surface area (Å²) in [6, 6.07) is 0. The van der Waals surface area contributed by atoms with E-state index in [1.54, 1.807) is 5.51 Å². The molecule has 1 rings (SSSR count). The van der Waals surface area contributed by atoms with Crippen LogP contribution < -0.4 is 5.32 Å². The maximum Gasteiger partial charge on any atom is 0.263 e. The molecule has 14 heavy (non-hydrogen) atoms. The zero-order chi connectivity index (χ0) is 10.8. The maximum absolute atomic E-state index is 11.7. The van der Waals surface area contributed by atoms with Crippen LogP contribution in [0.5, 0.6) is 0 Å². The summed E-state index contributed by atoms with van der Waals surface area (Å²) >= 11 is 4.72. The number of nitrogens with zero attached hydrogens (tertiary/aromatic N) is 1. The van der Waals surface area contributed by atoms with Crippen LogP contribution in [0.1, 0.15) is 29.2 Å². The van der Waals surface area contributed by atoms with Gasteiger partial charge < -0.3 is 5.32 Å². The van der Waals surface area contributed by atoms with Gasteiger partial charge in [0.2, 0.25) is 0 Å². The molecule has 0 spiro atoms. The van der Waals surface area contributed by atoms with E-state index in [0.717, 1.165) is 11.0 Å². The molecule has 1 aromatic rings. The lowest BCUT2D eigenvalue weighted by molar-refractivity contribution is 0.0924. The summed E-state index contributed by atoms with van der Waals surface area (Å²) in [7, 11) is 0. The van der Waals surface area contributed by atoms with Crippen molar-refractivity contribution < 1.29 is 4.79 Å². The number of rotatable bonds is 3. The highest BCUT2D eigenvalue weighted by molar-refractivity contribution is 9.09. The van der Waals surface area contributed by atoms with Crippen LogP contribution in [0.2, 0.25) is 0 Å². The number of carbonyl (C=O) groups excluding carboxylic acids is 1. The van der Waals surface area contributed by atoms with Crippen LogP contribution in [0.3, 0.4) is 0 Å². The second-order valence-electron chi connectivity index (χ2n) is 3.74. The monoisotopic (exact) mass is 276 g/mol. The first-order valence-corrected chi connectivity index (χ1v) is 6.25. The number of nitrogens with one attached hydrogen (secondary N) is 1. The van der Waals surface area contributed by atoms with Crippen molar-refractivity contribution in [3.05, 3.63) is 16.1 Å². The lowest BCUT2D eigenvalue weighted by Crippen LogP contribution is -2.44. The molecule has 0 aliphatic rings. The zero-order valence-electron chi connectivity index (χ0n) is 8.43. The number of thiazole rings is 1. The summed E-state index contributed by atoms with van der Waals surface area (Å²) in [5.74, 6) is -0.0468. The summed E-state index contributed by atoms with van der Waals surface area (Å²) in [6.45, 7) is 5.78. The van der Waals surface area contributed by atoms with E-state index in [1.165, 1.54) is 11.3 Å². The van der Waals surface area contributed by atoms with Crippen LogP contribution in [-0.2, 0) is 0 Å². The molecule has 0 atom stereocenters. The Balaban J connectivity index is 2.73. The number of aryl methyl sites for hydroxylation is 1. The molecule has 0 saturated carbocycles. The Kier molecular flexibility index (Phi) is 3.66. The Morgan fingerprint density at radius 2 is 2.36 bits per heavy atom. The van der Waals surface area contributed by atoms with Crippen LogP contribution in [0, 0.1) is 6.92 Å². The van der Waals surface area contributed by atoms with Gasteiger partial charge in [0.15, 0.2) is 0 Å². The van der Waals surface area contributed by atoms with Crippen molar-refractivity contribution in [2.45, 2.75) is 26.3 Å². The highest BCUT2D eigenvalue weighted by Crippen LogP contribution is 2.14. The Morgan fingerprint density at radius 3 is 2.79 bits per heavy atom. The smallest absolute Gasteiger partial charge is 0.263 e. The molecule has 1 N–H and O–H groups in total. The Labute approximate surface area is 96.1 Å². The molecular formula is C9H13BrN2OS. The molecule has 1 amide bonds. The van der Waals surface area contributed by atoms with Crippen LogP contribution in [-0.4, -0.2) is 21.8 Å². The SMILES string of the molecule is Cc1ncsc1C(=O)NC(C)(C)CBr. The quantitative estimate of drug-likeness (QED) is 0.862. The number of alkyl halides is 1. The van der Waals surface area contributed by atoms with E-state index < -0.39 is 0 Å². The minimum Gasteiger partial charge on any atom is -0.346 e. The third kappa shape index (κ3) is 2.78. The highest BCUT2D eigenvalue weighted by Gasteiger charge is 2.21. The number of aromatic nitrogens is 1. The Bertz CT molecular complexity index is 335. The fraction of sp³-hybridized carbons (Fsp3) is 0.556. The van der Waals surface area contributed by atoms with E-state index in [-0.39, 0.29) is 11.4 Å². The average Bonchev–Trinajstić information content (AvgIpc) is 2.51. The van der Waals surface area contributed by atoms with Gasteiger partial charge >= 0.3 is 0 Å². The molecule has 0 aliphatic heterocycles. The van der Waals surface area contributed by atoms with Crippen molar-refractivity contribution in [2.75, 3.05) is 5.33 Å². The van der Waals surface area contributed by atoms with Crippen molar-refractivity contribution in [1.82, 2.24) is 10.3 Å².